The van der Waals surface area contributed by atoms with Crippen LogP contribution in [0.1, 0.15) is 23.2 Å². The summed E-state index contributed by atoms with van der Waals surface area (Å²) < 4.78 is 3.30. The van der Waals surface area contributed by atoms with Gasteiger partial charge in [0.15, 0.2) is 0 Å². The first-order valence-corrected chi connectivity index (χ1v) is 10.3. The molecule has 28 heavy (non-hydrogen) atoms. The van der Waals surface area contributed by atoms with Crippen LogP contribution in [0, 0.1) is 0 Å². The molecule has 2 aliphatic heterocycles. The lowest BCUT2D eigenvalue weighted by molar-refractivity contribution is 0.0697. The fourth-order valence-corrected chi connectivity index (χ4v) is 4.51. The van der Waals surface area contributed by atoms with Crippen molar-refractivity contribution in [2.45, 2.75) is 24.9 Å². The highest BCUT2D eigenvalue weighted by molar-refractivity contribution is 8.09. The van der Waals surface area contributed by atoms with Gasteiger partial charge in [-0.3, -0.25) is 9.78 Å². The van der Waals surface area contributed by atoms with Gasteiger partial charge in [0.1, 0.15) is 0 Å². The minimum absolute atomic E-state index is 0.117. The Hall–Kier alpha value is -2.57. The normalized spacial score (nSPS) is 21.9. The number of benzene rings is 1. The number of pyridine rings is 1. The van der Waals surface area contributed by atoms with Gasteiger partial charge in [-0.25, -0.2) is 0 Å². The van der Waals surface area contributed by atoms with E-state index in [9.17, 15) is 4.79 Å². The Morgan fingerprint density at radius 2 is 1.93 bits per heavy atom. The van der Waals surface area contributed by atoms with E-state index >= 15 is 0 Å². The number of amides is 1. The molecule has 2 aromatic rings. The van der Waals surface area contributed by atoms with E-state index < -0.39 is 0 Å². The summed E-state index contributed by atoms with van der Waals surface area (Å²) in [6.45, 7) is 9.50. The zero-order valence-corrected chi connectivity index (χ0v) is 16.5. The second kappa shape index (κ2) is 8.20. The van der Waals surface area contributed by atoms with Crippen LogP contribution in [0.2, 0.25) is 0 Å². The van der Waals surface area contributed by atoms with Crippen molar-refractivity contribution in [3.05, 3.63) is 71.4 Å². The molecule has 5 nitrogen and oxygen atoms in total. The molecule has 2 atom stereocenters. The number of rotatable bonds is 5. The lowest BCUT2D eigenvalue weighted by atomic mass is 10.1. The number of nitrogens with zero attached hydrogens (tertiary/aromatic N) is 2. The highest BCUT2D eigenvalue weighted by Crippen LogP contribution is 2.23. The Morgan fingerprint density at radius 1 is 1.21 bits per heavy atom. The van der Waals surface area contributed by atoms with Crippen LogP contribution in [0.25, 0.3) is 11.5 Å². The van der Waals surface area contributed by atoms with Gasteiger partial charge in [0.25, 0.3) is 5.91 Å². The standard InChI is InChI=1S/C22H24N4OS/c1-3-20(21-15(2)5-4-12-23-21)28-25-17-8-6-16(7-9-17)22(27)26-13-18-10-11-19(14-26)24-18/h3-9,12,18-19,24-25H,1-2,10-11,13-14H2/b21-20-. The largest absolute Gasteiger partial charge is 0.336 e. The topological polar surface area (TPSA) is 57.3 Å². The second-order valence-corrected chi connectivity index (χ2v) is 8.06. The van der Waals surface area contributed by atoms with Crippen molar-refractivity contribution >= 4 is 35.0 Å². The third-order valence-electron chi connectivity index (χ3n) is 5.22. The molecule has 2 fully saturated rings. The molecule has 0 aliphatic carbocycles. The average molecular weight is 393 g/mol. The van der Waals surface area contributed by atoms with Gasteiger partial charge in [-0.05, 0) is 60.3 Å². The molecule has 1 aromatic heterocycles. The van der Waals surface area contributed by atoms with Gasteiger partial charge in [-0.15, -0.1) is 0 Å². The third kappa shape index (κ3) is 3.98. The molecule has 4 rings (SSSR count). The average Bonchev–Trinajstić information content (AvgIpc) is 3.07. The van der Waals surface area contributed by atoms with E-state index in [-0.39, 0.29) is 5.91 Å². The summed E-state index contributed by atoms with van der Waals surface area (Å²) in [6, 6.07) is 12.3. The van der Waals surface area contributed by atoms with Gasteiger partial charge < -0.3 is 14.9 Å². The molecule has 0 saturated carbocycles. The van der Waals surface area contributed by atoms with E-state index in [2.05, 4.69) is 28.2 Å². The molecule has 1 aromatic carbocycles. The van der Waals surface area contributed by atoms with E-state index in [0.717, 1.165) is 39.8 Å². The number of anilines is 1. The maximum absolute atomic E-state index is 12.8. The number of nitrogens with one attached hydrogen (secondary N) is 2. The van der Waals surface area contributed by atoms with Crippen LogP contribution in [0.5, 0.6) is 0 Å². The number of aromatic nitrogens is 1. The first kappa shape index (κ1) is 18.8. The van der Waals surface area contributed by atoms with Gasteiger partial charge in [0.05, 0.1) is 10.3 Å². The van der Waals surface area contributed by atoms with Crippen molar-refractivity contribution in [1.82, 2.24) is 15.2 Å². The van der Waals surface area contributed by atoms with Crippen molar-refractivity contribution in [3.8, 4) is 0 Å². The fraction of sp³-hybridized carbons (Fsp3) is 0.273. The molecule has 6 heteroatoms. The van der Waals surface area contributed by atoms with Crippen molar-refractivity contribution in [3.63, 3.8) is 0 Å². The molecule has 2 unspecified atom stereocenters. The number of carbonyl (C=O) groups excluding carboxylic acids is 1. The molecule has 0 spiro atoms. The van der Waals surface area contributed by atoms with Crippen LogP contribution in [0.4, 0.5) is 5.69 Å². The number of carbonyl (C=O) groups is 1. The minimum Gasteiger partial charge on any atom is -0.336 e. The minimum atomic E-state index is 0.117. The molecular formula is C22H24N4OS. The van der Waals surface area contributed by atoms with Gasteiger partial charge in [0.2, 0.25) is 0 Å². The first-order chi connectivity index (χ1) is 13.6. The summed E-state index contributed by atoms with van der Waals surface area (Å²) in [5.74, 6) is 0.117. The summed E-state index contributed by atoms with van der Waals surface area (Å²) in [6.07, 6.45) is 5.85. The van der Waals surface area contributed by atoms with E-state index in [1.54, 1.807) is 12.3 Å². The monoisotopic (exact) mass is 392 g/mol. The molecule has 2 N–H and O–H groups in total. The van der Waals surface area contributed by atoms with Crippen LogP contribution in [0.3, 0.4) is 0 Å². The van der Waals surface area contributed by atoms with Crippen LogP contribution in [0.15, 0.2) is 55.3 Å². The maximum Gasteiger partial charge on any atom is 0.253 e. The van der Waals surface area contributed by atoms with E-state index in [0.29, 0.717) is 12.1 Å². The summed E-state index contributed by atoms with van der Waals surface area (Å²) >= 11 is 1.44. The van der Waals surface area contributed by atoms with Crippen LogP contribution >= 0.6 is 11.9 Å². The second-order valence-electron chi connectivity index (χ2n) is 7.21. The lowest BCUT2D eigenvalue weighted by Crippen LogP contribution is -2.53. The zero-order valence-electron chi connectivity index (χ0n) is 15.7. The van der Waals surface area contributed by atoms with Crippen LogP contribution in [-0.4, -0.2) is 41.0 Å². The number of hydrogen-bond acceptors (Lipinski definition) is 5. The Kier molecular flexibility index (Phi) is 5.50. The molecule has 2 bridgehead atoms. The predicted octanol–water partition coefficient (Wildman–Crippen LogP) is 2.12. The van der Waals surface area contributed by atoms with E-state index in [1.807, 2.05) is 41.3 Å². The summed E-state index contributed by atoms with van der Waals surface area (Å²) in [4.78, 5) is 20.1. The molecule has 1 amide bonds. The highest BCUT2D eigenvalue weighted by Gasteiger charge is 2.34. The summed E-state index contributed by atoms with van der Waals surface area (Å²) in [7, 11) is 0. The number of likely N-dealkylation sites (tertiary alicyclic amines) is 1. The Bertz CT molecular complexity index is 976. The Labute approximate surface area is 169 Å². The molecule has 0 radical (unpaired) electrons. The van der Waals surface area contributed by atoms with Gasteiger partial charge in [-0.1, -0.05) is 25.3 Å². The first-order valence-electron chi connectivity index (χ1n) is 9.49. The molecule has 2 saturated heterocycles. The van der Waals surface area contributed by atoms with E-state index in [4.69, 9.17) is 0 Å². The molecule has 2 aliphatic rings. The van der Waals surface area contributed by atoms with Crippen LogP contribution in [-0.2, 0) is 0 Å². The summed E-state index contributed by atoms with van der Waals surface area (Å²) in [5, 5.41) is 5.23. The zero-order chi connectivity index (χ0) is 19.5. The van der Waals surface area contributed by atoms with Crippen LogP contribution < -0.4 is 20.6 Å². The Morgan fingerprint density at radius 3 is 2.57 bits per heavy atom. The van der Waals surface area contributed by atoms with Gasteiger partial charge in [0, 0.05) is 42.6 Å². The number of fused-ring (bicyclic) bond motifs is 2. The predicted molar refractivity (Wildman–Crippen MR) is 116 cm³/mol. The van der Waals surface area contributed by atoms with Crippen molar-refractivity contribution in [2.24, 2.45) is 0 Å². The molecule has 144 valence electrons. The Balaban J connectivity index is 1.43. The smallest absolute Gasteiger partial charge is 0.253 e. The van der Waals surface area contributed by atoms with E-state index in [1.165, 1.54) is 24.8 Å². The van der Waals surface area contributed by atoms with Crippen molar-refractivity contribution in [1.29, 1.82) is 0 Å². The van der Waals surface area contributed by atoms with Crippen molar-refractivity contribution in [2.75, 3.05) is 17.8 Å². The molecule has 3 heterocycles. The summed E-state index contributed by atoms with van der Waals surface area (Å²) in [5.41, 5.74) is 1.65. The maximum atomic E-state index is 12.8. The van der Waals surface area contributed by atoms with Crippen molar-refractivity contribution < 1.29 is 4.79 Å². The SMILES string of the molecule is C=C/C(SNc1ccc(C(=O)N2CC3CCC(C2)N3)cc1)=c1/ncccc1=C. The highest BCUT2D eigenvalue weighted by atomic mass is 32.2. The quantitative estimate of drug-likeness (QED) is 0.764. The van der Waals surface area contributed by atoms with Gasteiger partial charge >= 0.3 is 0 Å². The molecular weight excluding hydrogens is 368 g/mol. The number of piperazine rings is 1. The third-order valence-corrected chi connectivity index (χ3v) is 6.14. The number of hydrogen-bond donors (Lipinski definition) is 2. The van der Waals surface area contributed by atoms with Gasteiger partial charge in [-0.2, -0.15) is 0 Å². The fourth-order valence-electron chi connectivity index (χ4n) is 3.79. The lowest BCUT2D eigenvalue weighted by Gasteiger charge is -2.33.